The molecule has 0 aliphatic carbocycles. The van der Waals surface area contributed by atoms with E-state index in [1.807, 2.05) is 35.8 Å². The van der Waals surface area contributed by atoms with E-state index < -0.39 is 0 Å². The van der Waals surface area contributed by atoms with Gasteiger partial charge in [-0.05, 0) is 30.2 Å². The van der Waals surface area contributed by atoms with Gasteiger partial charge in [0.25, 0.3) is 0 Å². The summed E-state index contributed by atoms with van der Waals surface area (Å²) in [7, 11) is 3.97. The Morgan fingerprint density at radius 3 is 2.32 bits per heavy atom. The Morgan fingerprint density at radius 1 is 1.18 bits per heavy atom. The van der Waals surface area contributed by atoms with Gasteiger partial charge in [-0.25, -0.2) is 4.68 Å². The van der Waals surface area contributed by atoms with Crippen molar-refractivity contribution in [3.05, 3.63) is 45.1 Å². The van der Waals surface area contributed by atoms with Crippen LogP contribution < -0.4 is 4.90 Å². The Hall–Kier alpha value is -1.23. The molecular formula is C16H21Cl2N3O. The molecule has 0 radical (unpaired) electrons. The number of nitrogens with zero attached hydrogens (tertiary/aromatic N) is 3. The SMILES string of the molecule is CCc1nn(CCO)c(N(C)C)c1Cc1cc(Cl)cc(Cl)c1. The van der Waals surface area contributed by atoms with E-state index in [9.17, 15) is 5.11 Å². The summed E-state index contributed by atoms with van der Waals surface area (Å²) in [5.74, 6) is 1.02. The molecule has 2 rings (SSSR count). The number of anilines is 1. The highest BCUT2D eigenvalue weighted by atomic mass is 35.5. The summed E-state index contributed by atoms with van der Waals surface area (Å²) in [6.45, 7) is 2.63. The van der Waals surface area contributed by atoms with Gasteiger partial charge >= 0.3 is 0 Å². The maximum Gasteiger partial charge on any atom is 0.130 e. The lowest BCUT2D eigenvalue weighted by Gasteiger charge is -2.17. The molecule has 22 heavy (non-hydrogen) atoms. The fourth-order valence-electron chi connectivity index (χ4n) is 2.67. The third-order valence-electron chi connectivity index (χ3n) is 3.48. The van der Waals surface area contributed by atoms with E-state index >= 15 is 0 Å². The minimum Gasteiger partial charge on any atom is -0.394 e. The van der Waals surface area contributed by atoms with Crippen LogP contribution in [-0.2, 0) is 19.4 Å². The molecule has 0 unspecified atom stereocenters. The zero-order valence-corrected chi connectivity index (χ0v) is 14.6. The van der Waals surface area contributed by atoms with E-state index in [1.165, 1.54) is 0 Å². The number of halogens is 2. The molecule has 1 aromatic heterocycles. The molecule has 2 aromatic rings. The largest absolute Gasteiger partial charge is 0.394 e. The van der Waals surface area contributed by atoms with Crippen LogP contribution in [0.5, 0.6) is 0 Å². The van der Waals surface area contributed by atoms with Crippen molar-refractivity contribution in [2.45, 2.75) is 26.3 Å². The van der Waals surface area contributed by atoms with E-state index in [0.29, 0.717) is 23.0 Å². The van der Waals surface area contributed by atoms with Gasteiger partial charge in [0, 0.05) is 36.1 Å². The molecule has 0 amide bonds. The van der Waals surface area contributed by atoms with Crippen molar-refractivity contribution >= 4 is 29.0 Å². The van der Waals surface area contributed by atoms with E-state index in [1.54, 1.807) is 6.07 Å². The normalized spacial score (nSPS) is 11.0. The Kier molecular flexibility index (Phi) is 5.73. The van der Waals surface area contributed by atoms with Gasteiger partial charge in [0.1, 0.15) is 5.82 Å². The van der Waals surface area contributed by atoms with Crippen LogP contribution in [-0.4, -0.2) is 35.6 Å². The Morgan fingerprint density at radius 2 is 1.82 bits per heavy atom. The fraction of sp³-hybridized carbons (Fsp3) is 0.438. The second kappa shape index (κ2) is 7.36. The van der Waals surface area contributed by atoms with Gasteiger partial charge < -0.3 is 10.0 Å². The summed E-state index contributed by atoms with van der Waals surface area (Å²) in [6.07, 6.45) is 1.55. The highest BCUT2D eigenvalue weighted by Crippen LogP contribution is 2.28. The molecule has 0 atom stereocenters. The molecule has 1 aromatic carbocycles. The molecule has 0 saturated carbocycles. The van der Waals surface area contributed by atoms with Crippen LogP contribution in [0.3, 0.4) is 0 Å². The maximum atomic E-state index is 9.25. The molecule has 0 aliphatic heterocycles. The second-order valence-corrected chi connectivity index (χ2v) is 6.27. The van der Waals surface area contributed by atoms with Crippen LogP contribution in [0.15, 0.2) is 18.2 Å². The number of rotatable bonds is 6. The number of benzene rings is 1. The predicted molar refractivity (Wildman–Crippen MR) is 92.3 cm³/mol. The van der Waals surface area contributed by atoms with Crippen LogP contribution in [0.2, 0.25) is 10.0 Å². The summed E-state index contributed by atoms with van der Waals surface area (Å²) in [5, 5.41) is 15.1. The summed E-state index contributed by atoms with van der Waals surface area (Å²) >= 11 is 12.2. The molecular weight excluding hydrogens is 321 g/mol. The average molecular weight is 342 g/mol. The highest BCUT2D eigenvalue weighted by molar-refractivity contribution is 6.34. The number of aromatic nitrogens is 2. The van der Waals surface area contributed by atoms with Crippen molar-refractivity contribution in [1.29, 1.82) is 0 Å². The number of aryl methyl sites for hydroxylation is 1. The predicted octanol–water partition coefficient (Wildman–Crippen LogP) is 3.40. The second-order valence-electron chi connectivity index (χ2n) is 5.40. The van der Waals surface area contributed by atoms with E-state index in [4.69, 9.17) is 23.2 Å². The third-order valence-corrected chi connectivity index (χ3v) is 3.91. The van der Waals surface area contributed by atoms with Gasteiger partial charge in [-0.2, -0.15) is 5.10 Å². The standard InChI is InChI=1S/C16H21Cl2N3O/c1-4-15-14(9-11-7-12(17)10-13(18)8-11)16(20(2)3)21(19-15)5-6-22/h7-8,10,22H,4-6,9H2,1-3H3. The summed E-state index contributed by atoms with van der Waals surface area (Å²) in [4.78, 5) is 2.03. The van der Waals surface area contributed by atoms with Gasteiger partial charge in [-0.3, -0.25) is 0 Å². The molecule has 0 spiro atoms. The zero-order chi connectivity index (χ0) is 16.3. The van der Waals surface area contributed by atoms with Crippen LogP contribution in [0, 0.1) is 0 Å². The van der Waals surface area contributed by atoms with Crippen molar-refractivity contribution in [3.8, 4) is 0 Å². The molecule has 0 fully saturated rings. The minimum absolute atomic E-state index is 0.0636. The van der Waals surface area contributed by atoms with Gasteiger partial charge in [-0.1, -0.05) is 30.1 Å². The quantitative estimate of drug-likeness (QED) is 0.875. The number of hydrogen-bond donors (Lipinski definition) is 1. The van der Waals surface area contributed by atoms with Crippen molar-refractivity contribution < 1.29 is 5.11 Å². The van der Waals surface area contributed by atoms with Crippen LogP contribution in [0.4, 0.5) is 5.82 Å². The topological polar surface area (TPSA) is 41.3 Å². The van der Waals surface area contributed by atoms with E-state index in [2.05, 4.69) is 12.0 Å². The maximum absolute atomic E-state index is 9.25. The van der Waals surface area contributed by atoms with E-state index in [-0.39, 0.29) is 6.61 Å². The van der Waals surface area contributed by atoms with Gasteiger partial charge in [0.15, 0.2) is 0 Å². The summed E-state index contributed by atoms with van der Waals surface area (Å²) in [5.41, 5.74) is 3.24. The average Bonchev–Trinajstić information content (AvgIpc) is 2.75. The lowest BCUT2D eigenvalue weighted by atomic mass is 10.0. The Bertz CT molecular complexity index is 633. The first-order chi connectivity index (χ1) is 10.5. The molecule has 120 valence electrons. The zero-order valence-electron chi connectivity index (χ0n) is 13.1. The Balaban J connectivity index is 2.48. The van der Waals surface area contributed by atoms with Crippen molar-refractivity contribution in [2.75, 3.05) is 25.6 Å². The molecule has 4 nitrogen and oxygen atoms in total. The Labute approximate surface area is 141 Å². The smallest absolute Gasteiger partial charge is 0.130 e. The molecule has 0 saturated heterocycles. The van der Waals surface area contributed by atoms with Crippen molar-refractivity contribution in [3.63, 3.8) is 0 Å². The van der Waals surface area contributed by atoms with Crippen molar-refractivity contribution in [2.24, 2.45) is 0 Å². The lowest BCUT2D eigenvalue weighted by Crippen LogP contribution is -2.18. The minimum atomic E-state index is 0.0636. The van der Waals surface area contributed by atoms with Gasteiger partial charge in [0.05, 0.1) is 18.8 Å². The highest BCUT2D eigenvalue weighted by Gasteiger charge is 2.18. The number of aliphatic hydroxyl groups excluding tert-OH is 1. The molecule has 0 bridgehead atoms. The number of hydrogen-bond acceptors (Lipinski definition) is 3. The first-order valence-electron chi connectivity index (χ1n) is 7.28. The van der Waals surface area contributed by atoms with Gasteiger partial charge in [0.2, 0.25) is 0 Å². The molecule has 1 heterocycles. The van der Waals surface area contributed by atoms with Crippen LogP contribution >= 0.6 is 23.2 Å². The molecule has 1 N–H and O–H groups in total. The number of aliphatic hydroxyl groups is 1. The lowest BCUT2D eigenvalue weighted by molar-refractivity contribution is 0.269. The van der Waals surface area contributed by atoms with Gasteiger partial charge in [-0.15, -0.1) is 0 Å². The van der Waals surface area contributed by atoms with Crippen molar-refractivity contribution in [1.82, 2.24) is 9.78 Å². The van der Waals surface area contributed by atoms with Crippen LogP contribution in [0.1, 0.15) is 23.7 Å². The first kappa shape index (κ1) is 17.1. The first-order valence-corrected chi connectivity index (χ1v) is 8.03. The fourth-order valence-corrected chi connectivity index (χ4v) is 3.24. The van der Waals surface area contributed by atoms with E-state index in [0.717, 1.165) is 29.1 Å². The monoisotopic (exact) mass is 341 g/mol. The third kappa shape index (κ3) is 3.75. The summed E-state index contributed by atoms with van der Waals surface area (Å²) in [6, 6.07) is 5.58. The van der Waals surface area contributed by atoms with Crippen LogP contribution in [0.25, 0.3) is 0 Å². The molecule has 0 aliphatic rings. The summed E-state index contributed by atoms with van der Waals surface area (Å²) < 4.78 is 1.86. The molecule has 6 heteroatoms.